The summed E-state index contributed by atoms with van der Waals surface area (Å²) in [4.78, 5) is 33.5. The van der Waals surface area contributed by atoms with Crippen LogP contribution in [-0.2, 0) is 17.8 Å². The van der Waals surface area contributed by atoms with Crippen molar-refractivity contribution in [1.29, 1.82) is 0 Å². The molecule has 0 unspecified atom stereocenters. The number of nitrogens with zero attached hydrogens (tertiary/aromatic N) is 3. The van der Waals surface area contributed by atoms with Crippen LogP contribution in [0, 0.1) is 6.92 Å². The van der Waals surface area contributed by atoms with Gasteiger partial charge in [-0.3, -0.25) is 19.1 Å². The molecule has 3 rings (SSSR count). The van der Waals surface area contributed by atoms with Gasteiger partial charge in [-0.1, -0.05) is 0 Å². The van der Waals surface area contributed by atoms with Crippen molar-refractivity contribution in [3.63, 3.8) is 0 Å². The minimum absolute atomic E-state index is 0.171. The smallest absolute Gasteiger partial charge is 0.265 e. The lowest BCUT2D eigenvalue weighted by Crippen LogP contribution is -2.27. The van der Waals surface area contributed by atoms with Crippen LogP contribution < -0.4 is 10.9 Å². The first-order valence-electron chi connectivity index (χ1n) is 8.26. The Bertz CT molecular complexity index is 962. The maximum absolute atomic E-state index is 12.8. The summed E-state index contributed by atoms with van der Waals surface area (Å²) in [6.45, 7) is 2.97. The van der Waals surface area contributed by atoms with E-state index in [1.165, 1.54) is 10.9 Å². The molecule has 3 aromatic heterocycles. The summed E-state index contributed by atoms with van der Waals surface area (Å²) < 4.78 is 12.0. The molecule has 0 bridgehead atoms. The molecule has 0 aliphatic rings. The number of fused-ring (bicyclic) bond motifs is 1. The number of rotatable bonds is 7. The lowest BCUT2D eigenvalue weighted by Gasteiger charge is -2.06. The van der Waals surface area contributed by atoms with Crippen molar-refractivity contribution in [1.82, 2.24) is 19.9 Å². The minimum Gasteiger partial charge on any atom is -0.442 e. The van der Waals surface area contributed by atoms with Crippen molar-refractivity contribution in [3.05, 3.63) is 58.1 Å². The van der Waals surface area contributed by atoms with E-state index in [2.05, 4.69) is 15.3 Å². The predicted octanol–water partition coefficient (Wildman–Crippen LogP) is 1.66. The Morgan fingerprint density at radius 1 is 1.35 bits per heavy atom. The average Bonchev–Trinajstić information content (AvgIpc) is 2.99. The lowest BCUT2D eigenvalue weighted by atomic mass is 10.1. The van der Waals surface area contributed by atoms with E-state index < -0.39 is 0 Å². The molecule has 0 aliphatic carbocycles. The molecule has 0 saturated carbocycles. The van der Waals surface area contributed by atoms with Gasteiger partial charge in [0, 0.05) is 39.2 Å². The highest BCUT2D eigenvalue weighted by Crippen LogP contribution is 2.20. The van der Waals surface area contributed by atoms with Gasteiger partial charge in [0.15, 0.2) is 0 Å². The first kappa shape index (κ1) is 17.8. The third-order valence-electron chi connectivity index (χ3n) is 4.03. The van der Waals surface area contributed by atoms with Gasteiger partial charge < -0.3 is 14.5 Å². The largest absolute Gasteiger partial charge is 0.442 e. The Labute approximate surface area is 149 Å². The van der Waals surface area contributed by atoms with Crippen molar-refractivity contribution in [2.24, 2.45) is 0 Å². The molecule has 0 aromatic carbocycles. The molecule has 0 spiro atoms. The molecule has 8 heteroatoms. The van der Waals surface area contributed by atoms with E-state index in [4.69, 9.17) is 9.15 Å². The minimum atomic E-state index is -0.369. The Morgan fingerprint density at radius 3 is 2.85 bits per heavy atom. The monoisotopic (exact) mass is 356 g/mol. The summed E-state index contributed by atoms with van der Waals surface area (Å²) in [6.07, 6.45) is 5.41. The number of carbonyl (C=O) groups is 1. The normalized spacial score (nSPS) is 11.0. The zero-order valence-corrected chi connectivity index (χ0v) is 14.7. The zero-order valence-electron chi connectivity index (χ0n) is 14.7. The van der Waals surface area contributed by atoms with Gasteiger partial charge in [-0.25, -0.2) is 4.98 Å². The molecule has 1 N–H and O–H groups in total. The van der Waals surface area contributed by atoms with E-state index in [-0.39, 0.29) is 28.1 Å². The Morgan fingerprint density at radius 2 is 2.12 bits per heavy atom. The number of methoxy groups -OCH3 is 1. The van der Waals surface area contributed by atoms with Crippen LogP contribution in [0.25, 0.3) is 11.1 Å². The van der Waals surface area contributed by atoms with Gasteiger partial charge in [-0.05, 0) is 31.0 Å². The number of hydrogen-bond acceptors (Lipinski definition) is 6. The quantitative estimate of drug-likeness (QED) is 0.646. The van der Waals surface area contributed by atoms with Crippen LogP contribution in [0.3, 0.4) is 0 Å². The Kier molecular flexibility index (Phi) is 5.43. The second-order valence-corrected chi connectivity index (χ2v) is 5.84. The molecule has 0 atom stereocenters. The van der Waals surface area contributed by atoms with Gasteiger partial charge in [-0.2, -0.15) is 0 Å². The summed E-state index contributed by atoms with van der Waals surface area (Å²) >= 11 is 0. The van der Waals surface area contributed by atoms with Crippen LogP contribution in [0.5, 0.6) is 0 Å². The molecule has 3 heterocycles. The number of amides is 1. The topological polar surface area (TPSA) is 99.2 Å². The number of nitrogens with one attached hydrogen (secondary N) is 1. The van der Waals surface area contributed by atoms with Crippen LogP contribution in [0.1, 0.15) is 28.1 Å². The number of aromatic nitrogens is 3. The molecule has 0 aliphatic heterocycles. The van der Waals surface area contributed by atoms with E-state index in [9.17, 15) is 9.59 Å². The summed E-state index contributed by atoms with van der Waals surface area (Å²) in [6, 6.07) is 3.62. The highest BCUT2D eigenvalue weighted by Gasteiger charge is 2.22. The van der Waals surface area contributed by atoms with Crippen molar-refractivity contribution in [2.75, 3.05) is 13.7 Å². The van der Waals surface area contributed by atoms with E-state index in [0.717, 1.165) is 5.56 Å². The van der Waals surface area contributed by atoms with Crippen LogP contribution in [0.4, 0.5) is 0 Å². The highest BCUT2D eigenvalue weighted by molar-refractivity contribution is 6.06. The van der Waals surface area contributed by atoms with Crippen LogP contribution in [0.2, 0.25) is 0 Å². The first-order chi connectivity index (χ1) is 12.6. The zero-order chi connectivity index (χ0) is 18.5. The van der Waals surface area contributed by atoms with E-state index >= 15 is 0 Å². The number of furan rings is 1. The fraction of sp³-hybridized carbons (Fsp3) is 0.333. The summed E-state index contributed by atoms with van der Waals surface area (Å²) in [5.74, 6) is -0.00178. The number of hydrogen-bond donors (Lipinski definition) is 1. The first-order valence-corrected chi connectivity index (χ1v) is 8.26. The van der Waals surface area contributed by atoms with Gasteiger partial charge in [-0.15, -0.1) is 0 Å². The molecule has 26 heavy (non-hydrogen) atoms. The number of aryl methyl sites for hydroxylation is 2. The lowest BCUT2D eigenvalue weighted by molar-refractivity contribution is 0.0950. The van der Waals surface area contributed by atoms with Crippen LogP contribution in [0.15, 0.2) is 40.1 Å². The van der Waals surface area contributed by atoms with Gasteiger partial charge >= 0.3 is 0 Å². The molecule has 0 saturated heterocycles. The fourth-order valence-electron chi connectivity index (χ4n) is 2.72. The van der Waals surface area contributed by atoms with Gasteiger partial charge in [0.2, 0.25) is 5.71 Å². The molecule has 0 fully saturated rings. The van der Waals surface area contributed by atoms with Gasteiger partial charge in [0.1, 0.15) is 17.5 Å². The summed E-state index contributed by atoms with van der Waals surface area (Å²) in [7, 11) is 1.61. The fourth-order valence-corrected chi connectivity index (χ4v) is 2.72. The van der Waals surface area contributed by atoms with E-state index in [0.29, 0.717) is 31.9 Å². The van der Waals surface area contributed by atoms with E-state index in [1.807, 2.05) is 12.1 Å². The molecule has 3 aromatic rings. The number of carbonyl (C=O) groups excluding carboxylic acids is 1. The predicted molar refractivity (Wildman–Crippen MR) is 94.9 cm³/mol. The molecule has 8 nitrogen and oxygen atoms in total. The van der Waals surface area contributed by atoms with Crippen molar-refractivity contribution in [2.45, 2.75) is 26.4 Å². The second kappa shape index (κ2) is 7.92. The standard InChI is InChI=1S/C18H20N4O4/c1-12-14(16(23)20-10-13-4-6-19-7-5-13)15-17(26-12)21-11-22(18(15)24)8-3-9-25-2/h4-7,11H,3,8-10H2,1-2H3,(H,20,23). The van der Waals surface area contributed by atoms with Crippen LogP contribution >= 0.6 is 0 Å². The summed E-state index contributed by atoms with van der Waals surface area (Å²) in [5.41, 5.74) is 1.02. The van der Waals surface area contributed by atoms with E-state index in [1.54, 1.807) is 26.4 Å². The average molecular weight is 356 g/mol. The second-order valence-electron chi connectivity index (χ2n) is 5.84. The molecular weight excluding hydrogens is 336 g/mol. The third kappa shape index (κ3) is 3.65. The highest BCUT2D eigenvalue weighted by atomic mass is 16.5. The van der Waals surface area contributed by atoms with Crippen molar-refractivity contribution < 1.29 is 13.9 Å². The molecular formula is C18H20N4O4. The van der Waals surface area contributed by atoms with Crippen molar-refractivity contribution in [3.8, 4) is 0 Å². The number of ether oxygens (including phenoxy) is 1. The third-order valence-corrected chi connectivity index (χ3v) is 4.03. The SMILES string of the molecule is COCCCn1cnc2oc(C)c(C(=O)NCc3ccncc3)c2c1=O. The molecule has 136 valence electrons. The molecule has 0 radical (unpaired) electrons. The Hall–Kier alpha value is -3.00. The number of pyridine rings is 1. The molecule has 1 amide bonds. The maximum atomic E-state index is 12.8. The summed E-state index contributed by atoms with van der Waals surface area (Å²) in [5, 5.41) is 3.01. The maximum Gasteiger partial charge on any atom is 0.265 e. The Balaban J connectivity index is 1.89. The van der Waals surface area contributed by atoms with Crippen molar-refractivity contribution >= 4 is 17.0 Å². The van der Waals surface area contributed by atoms with Crippen LogP contribution in [-0.4, -0.2) is 34.2 Å². The van der Waals surface area contributed by atoms with Gasteiger partial charge in [0.05, 0.1) is 5.56 Å². The van der Waals surface area contributed by atoms with Gasteiger partial charge in [0.25, 0.3) is 11.5 Å².